The van der Waals surface area contributed by atoms with Crippen molar-refractivity contribution < 1.29 is 13.9 Å². The summed E-state index contributed by atoms with van der Waals surface area (Å²) in [6.45, 7) is 1.32. The van der Waals surface area contributed by atoms with Gasteiger partial charge in [0.1, 0.15) is 24.2 Å². The Morgan fingerprint density at radius 3 is 2.68 bits per heavy atom. The Bertz CT molecular complexity index is 869. The third-order valence-electron chi connectivity index (χ3n) is 4.22. The molecule has 3 rings (SSSR count). The maximum absolute atomic E-state index is 12.6. The Balaban J connectivity index is 1.51. The van der Waals surface area contributed by atoms with Crippen LogP contribution in [-0.2, 0) is 4.79 Å². The van der Waals surface area contributed by atoms with Crippen LogP contribution < -0.4 is 10.1 Å². The van der Waals surface area contributed by atoms with Crippen molar-refractivity contribution in [2.24, 2.45) is 0 Å². The molecule has 0 fully saturated rings. The number of hydrogen-bond donors (Lipinski definition) is 1. The van der Waals surface area contributed by atoms with Gasteiger partial charge in [0.05, 0.1) is 12.8 Å². The lowest BCUT2D eigenvalue weighted by Gasteiger charge is -2.20. The van der Waals surface area contributed by atoms with E-state index in [1.807, 2.05) is 66.5 Å². The number of halogens is 1. The van der Waals surface area contributed by atoms with Crippen LogP contribution in [-0.4, -0.2) is 37.6 Å². The molecule has 5 nitrogen and oxygen atoms in total. The Hall–Kier alpha value is -2.76. The predicted molar refractivity (Wildman–Crippen MR) is 110 cm³/mol. The number of nitrogens with one attached hydrogen (secondary N) is 1. The van der Waals surface area contributed by atoms with Crippen LogP contribution in [0.1, 0.15) is 17.4 Å². The number of carbonyl (C=O) groups is 1. The summed E-state index contributed by atoms with van der Waals surface area (Å²) in [5.74, 6) is 1.33. The minimum Gasteiger partial charge on any atom is -0.492 e. The van der Waals surface area contributed by atoms with E-state index in [4.69, 9.17) is 20.8 Å². The van der Waals surface area contributed by atoms with Crippen molar-refractivity contribution in [3.8, 4) is 5.75 Å². The van der Waals surface area contributed by atoms with Gasteiger partial charge in [0.25, 0.3) is 0 Å². The molecule has 0 bridgehead atoms. The van der Waals surface area contributed by atoms with Crippen molar-refractivity contribution in [2.75, 3.05) is 26.7 Å². The summed E-state index contributed by atoms with van der Waals surface area (Å²) < 4.78 is 11.2. The van der Waals surface area contributed by atoms with E-state index >= 15 is 0 Å². The largest absolute Gasteiger partial charge is 0.492 e. The SMILES string of the molecule is CN(CCOc1cccc(Cl)c1)CC(=O)N[C@@H](c1ccccc1)c1ccco1. The number of nitrogens with zero attached hydrogens (tertiary/aromatic N) is 1. The fraction of sp³-hybridized carbons (Fsp3) is 0.227. The van der Waals surface area contributed by atoms with E-state index in [2.05, 4.69) is 5.32 Å². The minimum atomic E-state index is -0.320. The highest BCUT2D eigenvalue weighted by Crippen LogP contribution is 2.22. The van der Waals surface area contributed by atoms with E-state index in [0.29, 0.717) is 29.7 Å². The number of rotatable bonds is 9. The molecule has 3 aromatic rings. The first-order valence-corrected chi connectivity index (χ1v) is 9.44. The Morgan fingerprint density at radius 1 is 1.14 bits per heavy atom. The summed E-state index contributed by atoms with van der Waals surface area (Å²) in [5, 5.41) is 3.68. The number of carbonyl (C=O) groups excluding carboxylic acids is 1. The fourth-order valence-electron chi connectivity index (χ4n) is 2.83. The fourth-order valence-corrected chi connectivity index (χ4v) is 3.01. The third-order valence-corrected chi connectivity index (χ3v) is 4.45. The normalized spacial score (nSPS) is 12.0. The summed E-state index contributed by atoms with van der Waals surface area (Å²) in [7, 11) is 1.88. The van der Waals surface area contributed by atoms with Gasteiger partial charge in [-0.2, -0.15) is 0 Å². The van der Waals surface area contributed by atoms with E-state index < -0.39 is 0 Å². The average molecular weight is 399 g/mol. The van der Waals surface area contributed by atoms with E-state index in [9.17, 15) is 4.79 Å². The molecule has 1 aromatic heterocycles. The van der Waals surface area contributed by atoms with Crippen molar-refractivity contribution in [2.45, 2.75) is 6.04 Å². The molecule has 2 aromatic carbocycles. The van der Waals surface area contributed by atoms with Crippen molar-refractivity contribution in [1.29, 1.82) is 0 Å². The topological polar surface area (TPSA) is 54.7 Å². The van der Waals surface area contributed by atoms with Gasteiger partial charge in [-0.15, -0.1) is 0 Å². The minimum absolute atomic E-state index is 0.0875. The zero-order valence-electron chi connectivity index (χ0n) is 15.7. The number of furan rings is 1. The summed E-state index contributed by atoms with van der Waals surface area (Å²) in [5.41, 5.74) is 0.970. The number of hydrogen-bond acceptors (Lipinski definition) is 4. The Labute approximate surface area is 169 Å². The van der Waals surface area contributed by atoms with Crippen molar-refractivity contribution in [3.05, 3.63) is 89.3 Å². The summed E-state index contributed by atoms with van der Waals surface area (Å²) in [6.07, 6.45) is 1.61. The van der Waals surface area contributed by atoms with Crippen molar-refractivity contribution >= 4 is 17.5 Å². The first-order valence-electron chi connectivity index (χ1n) is 9.06. The molecule has 1 N–H and O–H groups in total. The first kappa shape index (κ1) is 20.0. The standard InChI is InChI=1S/C22H23ClN2O3/c1-25(12-14-27-19-10-5-9-18(23)15-19)16-21(26)24-22(20-11-6-13-28-20)17-7-3-2-4-8-17/h2-11,13,15,22H,12,14,16H2,1H3,(H,24,26)/t22-/m0/s1. The monoisotopic (exact) mass is 398 g/mol. The van der Waals surface area contributed by atoms with Gasteiger partial charge < -0.3 is 14.5 Å². The molecule has 146 valence electrons. The maximum Gasteiger partial charge on any atom is 0.235 e. The molecule has 28 heavy (non-hydrogen) atoms. The van der Waals surface area contributed by atoms with Crippen LogP contribution in [0.5, 0.6) is 5.75 Å². The molecular weight excluding hydrogens is 376 g/mol. The summed E-state index contributed by atoms with van der Waals surface area (Å²) in [6, 6.07) is 20.4. The highest BCUT2D eigenvalue weighted by molar-refractivity contribution is 6.30. The molecule has 0 unspecified atom stereocenters. The maximum atomic E-state index is 12.6. The smallest absolute Gasteiger partial charge is 0.235 e. The molecule has 6 heteroatoms. The molecule has 0 saturated carbocycles. The van der Waals surface area contributed by atoms with Gasteiger partial charge in [-0.25, -0.2) is 0 Å². The molecule has 0 spiro atoms. The van der Waals surface area contributed by atoms with E-state index in [1.54, 1.807) is 18.4 Å². The molecule has 0 aliphatic heterocycles. The van der Waals surface area contributed by atoms with Gasteiger partial charge in [-0.1, -0.05) is 48.0 Å². The van der Waals surface area contributed by atoms with Gasteiger partial charge in [-0.05, 0) is 42.9 Å². The zero-order chi connectivity index (χ0) is 19.8. The van der Waals surface area contributed by atoms with Crippen molar-refractivity contribution in [1.82, 2.24) is 10.2 Å². The van der Waals surface area contributed by atoms with Crippen LogP contribution in [0.2, 0.25) is 5.02 Å². The molecule has 0 aliphatic carbocycles. The zero-order valence-corrected chi connectivity index (χ0v) is 16.4. The third kappa shape index (κ3) is 5.87. The molecule has 1 atom stereocenters. The van der Waals surface area contributed by atoms with Crippen LogP contribution >= 0.6 is 11.6 Å². The first-order chi connectivity index (χ1) is 13.6. The Kier molecular flexibility index (Phi) is 7.12. The molecule has 0 radical (unpaired) electrons. The molecule has 1 amide bonds. The van der Waals surface area contributed by atoms with E-state index in [-0.39, 0.29) is 18.5 Å². The molecule has 0 saturated heterocycles. The summed E-state index contributed by atoms with van der Waals surface area (Å²) >= 11 is 5.95. The number of benzene rings is 2. The number of ether oxygens (including phenoxy) is 1. The lowest BCUT2D eigenvalue weighted by Crippen LogP contribution is -2.38. The molecule has 0 aliphatic rings. The second-order valence-corrected chi connectivity index (χ2v) is 6.91. The second kappa shape index (κ2) is 9.97. The van der Waals surface area contributed by atoms with Crippen LogP contribution in [0.4, 0.5) is 0 Å². The highest BCUT2D eigenvalue weighted by Gasteiger charge is 2.19. The molecule has 1 heterocycles. The predicted octanol–water partition coefficient (Wildman–Crippen LogP) is 4.15. The van der Waals surface area contributed by atoms with Crippen LogP contribution in [0.15, 0.2) is 77.4 Å². The summed E-state index contributed by atoms with van der Waals surface area (Å²) in [4.78, 5) is 14.5. The van der Waals surface area contributed by atoms with Crippen molar-refractivity contribution in [3.63, 3.8) is 0 Å². The van der Waals surface area contributed by atoms with Gasteiger partial charge >= 0.3 is 0 Å². The number of likely N-dealkylation sites (N-methyl/N-ethyl adjacent to an activating group) is 1. The lowest BCUT2D eigenvalue weighted by atomic mass is 10.0. The van der Waals surface area contributed by atoms with E-state index in [0.717, 1.165) is 5.56 Å². The Morgan fingerprint density at radius 2 is 1.96 bits per heavy atom. The van der Waals surface area contributed by atoms with Gasteiger partial charge in [-0.3, -0.25) is 9.69 Å². The van der Waals surface area contributed by atoms with Crippen LogP contribution in [0.25, 0.3) is 0 Å². The van der Waals surface area contributed by atoms with Gasteiger partial charge in [0.15, 0.2) is 0 Å². The second-order valence-electron chi connectivity index (χ2n) is 6.47. The van der Waals surface area contributed by atoms with Crippen LogP contribution in [0, 0.1) is 0 Å². The van der Waals surface area contributed by atoms with E-state index in [1.165, 1.54) is 0 Å². The van der Waals surface area contributed by atoms with Crippen LogP contribution in [0.3, 0.4) is 0 Å². The number of amides is 1. The highest BCUT2D eigenvalue weighted by atomic mass is 35.5. The molecular formula is C22H23ClN2O3. The lowest BCUT2D eigenvalue weighted by molar-refractivity contribution is -0.122. The van der Waals surface area contributed by atoms with Gasteiger partial charge in [0.2, 0.25) is 5.91 Å². The average Bonchev–Trinajstić information content (AvgIpc) is 3.21. The quantitative estimate of drug-likeness (QED) is 0.588. The van der Waals surface area contributed by atoms with Gasteiger partial charge in [0, 0.05) is 11.6 Å².